The molecule has 6 nitrogen and oxygen atoms in total. The lowest BCUT2D eigenvalue weighted by Gasteiger charge is -2.12. The number of benzene rings is 2. The smallest absolute Gasteiger partial charge is 0.387 e. The number of furan rings is 1. The number of anilines is 1. The van der Waals surface area contributed by atoms with Crippen LogP contribution in [-0.2, 0) is 6.61 Å². The van der Waals surface area contributed by atoms with E-state index in [1.165, 1.54) is 18.2 Å². The molecule has 1 amide bonds. The molecular weight excluding hydrogens is 384 g/mol. The molecule has 2 aromatic carbocycles. The van der Waals surface area contributed by atoms with Crippen LogP contribution in [-0.4, -0.2) is 19.6 Å². The van der Waals surface area contributed by atoms with Gasteiger partial charge in [-0.15, -0.1) is 0 Å². The van der Waals surface area contributed by atoms with Crippen LogP contribution in [0.2, 0.25) is 0 Å². The van der Waals surface area contributed by atoms with E-state index in [1.807, 2.05) is 0 Å². The third-order valence-electron chi connectivity index (χ3n) is 3.93. The fraction of sp³-hybridized carbons (Fsp3) is 0.190. The zero-order valence-corrected chi connectivity index (χ0v) is 15.8. The number of nitrogens with one attached hydrogen (secondary N) is 1. The first-order valence-electron chi connectivity index (χ1n) is 8.67. The topological polar surface area (TPSA) is 69.9 Å². The first kappa shape index (κ1) is 20.2. The molecule has 0 aliphatic heterocycles. The number of aryl methyl sites for hydroxylation is 1. The first-order chi connectivity index (χ1) is 13.9. The lowest BCUT2D eigenvalue weighted by atomic mass is 10.2. The molecule has 3 aromatic rings. The molecule has 0 fully saturated rings. The van der Waals surface area contributed by atoms with E-state index >= 15 is 0 Å². The maximum atomic E-state index is 12.6. The van der Waals surface area contributed by atoms with E-state index in [0.717, 1.165) is 5.56 Å². The van der Waals surface area contributed by atoms with E-state index in [4.69, 9.17) is 13.9 Å². The van der Waals surface area contributed by atoms with Crippen molar-refractivity contribution in [3.8, 4) is 17.2 Å². The molecule has 1 aromatic heterocycles. The molecule has 1 N–H and O–H groups in total. The Morgan fingerprint density at radius 2 is 1.79 bits per heavy atom. The Morgan fingerprint density at radius 1 is 1.07 bits per heavy atom. The summed E-state index contributed by atoms with van der Waals surface area (Å²) in [6.45, 7) is -1.12. The van der Waals surface area contributed by atoms with Crippen molar-refractivity contribution in [2.45, 2.75) is 20.1 Å². The Bertz CT molecular complexity index is 969. The summed E-state index contributed by atoms with van der Waals surface area (Å²) < 4.78 is 45.7. The van der Waals surface area contributed by atoms with Gasteiger partial charge in [-0.3, -0.25) is 4.79 Å². The van der Waals surface area contributed by atoms with Gasteiger partial charge in [-0.25, -0.2) is 0 Å². The van der Waals surface area contributed by atoms with Gasteiger partial charge in [-0.05, 0) is 61.0 Å². The minimum atomic E-state index is -3.00. The standard InChI is InChI=1S/C21H19F2NO5/c1-13-3-9-18(29-21(22)23)17(11-13)24-20(25)19-10-8-16(28-19)12-27-15-6-4-14(26-2)5-7-15/h3-11,21H,12H2,1-2H3,(H,24,25). The van der Waals surface area contributed by atoms with Crippen LogP contribution in [0, 0.1) is 6.92 Å². The Labute approximate surface area is 166 Å². The number of alkyl halides is 2. The van der Waals surface area contributed by atoms with Gasteiger partial charge in [0.2, 0.25) is 0 Å². The minimum Gasteiger partial charge on any atom is -0.497 e. The maximum Gasteiger partial charge on any atom is 0.387 e. The van der Waals surface area contributed by atoms with Crippen LogP contribution in [0.5, 0.6) is 17.2 Å². The van der Waals surface area contributed by atoms with Crippen molar-refractivity contribution in [3.63, 3.8) is 0 Å². The Morgan fingerprint density at radius 3 is 2.48 bits per heavy atom. The fourth-order valence-corrected chi connectivity index (χ4v) is 2.53. The van der Waals surface area contributed by atoms with Crippen LogP contribution in [0.4, 0.5) is 14.5 Å². The van der Waals surface area contributed by atoms with Crippen molar-refractivity contribution in [2.75, 3.05) is 12.4 Å². The molecule has 0 spiro atoms. The summed E-state index contributed by atoms with van der Waals surface area (Å²) in [7, 11) is 1.57. The first-order valence-corrected chi connectivity index (χ1v) is 8.67. The van der Waals surface area contributed by atoms with Gasteiger partial charge in [0.1, 0.15) is 29.6 Å². The van der Waals surface area contributed by atoms with Gasteiger partial charge in [0.15, 0.2) is 5.76 Å². The molecule has 0 saturated heterocycles. The number of carbonyl (C=O) groups excluding carboxylic acids is 1. The van der Waals surface area contributed by atoms with E-state index < -0.39 is 12.5 Å². The van der Waals surface area contributed by atoms with Gasteiger partial charge in [-0.2, -0.15) is 8.78 Å². The molecule has 0 aliphatic carbocycles. The van der Waals surface area contributed by atoms with Crippen molar-refractivity contribution in [2.24, 2.45) is 0 Å². The molecule has 3 rings (SSSR count). The van der Waals surface area contributed by atoms with Crippen LogP contribution < -0.4 is 19.5 Å². The van der Waals surface area contributed by atoms with E-state index in [0.29, 0.717) is 17.3 Å². The number of hydrogen-bond acceptors (Lipinski definition) is 5. The van der Waals surface area contributed by atoms with Gasteiger partial charge in [-0.1, -0.05) is 6.07 Å². The monoisotopic (exact) mass is 403 g/mol. The van der Waals surface area contributed by atoms with Gasteiger partial charge >= 0.3 is 6.61 Å². The molecule has 0 saturated carbocycles. The van der Waals surface area contributed by atoms with Crippen molar-refractivity contribution in [1.29, 1.82) is 0 Å². The predicted octanol–water partition coefficient (Wildman–Crippen LogP) is 5.03. The molecule has 0 atom stereocenters. The summed E-state index contributed by atoms with van der Waals surface area (Å²) in [4.78, 5) is 12.4. The zero-order chi connectivity index (χ0) is 20.8. The number of ether oxygens (including phenoxy) is 3. The number of amides is 1. The summed E-state index contributed by atoms with van der Waals surface area (Å²) in [6.07, 6.45) is 0. The molecule has 1 heterocycles. The van der Waals surface area contributed by atoms with Gasteiger partial charge in [0, 0.05) is 0 Å². The molecule has 29 heavy (non-hydrogen) atoms. The highest BCUT2D eigenvalue weighted by molar-refractivity contribution is 6.03. The molecule has 152 valence electrons. The van der Waals surface area contributed by atoms with Crippen molar-refractivity contribution in [3.05, 3.63) is 71.7 Å². The van der Waals surface area contributed by atoms with Crippen molar-refractivity contribution >= 4 is 11.6 Å². The lowest BCUT2D eigenvalue weighted by Crippen LogP contribution is -2.13. The van der Waals surface area contributed by atoms with Crippen molar-refractivity contribution < 1.29 is 32.2 Å². The zero-order valence-electron chi connectivity index (χ0n) is 15.8. The van der Waals surface area contributed by atoms with Crippen LogP contribution in [0.1, 0.15) is 21.9 Å². The van der Waals surface area contributed by atoms with Gasteiger partial charge in [0.25, 0.3) is 5.91 Å². The van der Waals surface area contributed by atoms with E-state index in [1.54, 1.807) is 50.4 Å². The van der Waals surface area contributed by atoms with Gasteiger partial charge in [0.05, 0.1) is 12.8 Å². The fourth-order valence-electron chi connectivity index (χ4n) is 2.53. The quantitative estimate of drug-likeness (QED) is 0.571. The molecule has 8 heteroatoms. The molecule has 0 unspecified atom stereocenters. The maximum absolute atomic E-state index is 12.6. The molecule has 0 bridgehead atoms. The third kappa shape index (κ3) is 5.47. The molecule has 0 radical (unpaired) electrons. The average molecular weight is 403 g/mol. The van der Waals surface area contributed by atoms with Crippen LogP contribution >= 0.6 is 0 Å². The second-order valence-electron chi connectivity index (χ2n) is 6.06. The van der Waals surface area contributed by atoms with E-state index in [-0.39, 0.29) is 23.8 Å². The van der Waals surface area contributed by atoms with Crippen molar-refractivity contribution in [1.82, 2.24) is 0 Å². The number of rotatable bonds is 8. The van der Waals surface area contributed by atoms with Crippen LogP contribution in [0.25, 0.3) is 0 Å². The minimum absolute atomic E-state index is 0.0165. The Balaban J connectivity index is 1.64. The van der Waals surface area contributed by atoms with Gasteiger partial charge < -0.3 is 23.9 Å². The third-order valence-corrected chi connectivity index (χ3v) is 3.93. The highest BCUT2D eigenvalue weighted by atomic mass is 19.3. The number of methoxy groups -OCH3 is 1. The highest BCUT2D eigenvalue weighted by Gasteiger charge is 2.16. The summed E-state index contributed by atoms with van der Waals surface area (Å²) in [6, 6.07) is 14.6. The summed E-state index contributed by atoms with van der Waals surface area (Å²) in [5.74, 6) is 1.04. The van der Waals surface area contributed by atoms with Crippen LogP contribution in [0.15, 0.2) is 59.0 Å². The summed E-state index contributed by atoms with van der Waals surface area (Å²) >= 11 is 0. The predicted molar refractivity (Wildman–Crippen MR) is 102 cm³/mol. The average Bonchev–Trinajstić information content (AvgIpc) is 3.18. The Hall–Kier alpha value is -3.55. The molecular formula is C21H19F2NO5. The number of halogens is 2. The SMILES string of the molecule is COc1ccc(OCc2ccc(C(=O)Nc3cc(C)ccc3OC(F)F)o2)cc1. The van der Waals surface area contributed by atoms with Crippen LogP contribution in [0.3, 0.4) is 0 Å². The lowest BCUT2D eigenvalue weighted by molar-refractivity contribution is -0.0493. The number of hydrogen-bond donors (Lipinski definition) is 1. The van der Waals surface area contributed by atoms with E-state index in [9.17, 15) is 13.6 Å². The second-order valence-corrected chi connectivity index (χ2v) is 6.06. The summed E-state index contributed by atoms with van der Waals surface area (Å²) in [5, 5.41) is 2.53. The van der Waals surface area contributed by atoms with E-state index in [2.05, 4.69) is 10.1 Å². The Kier molecular flexibility index (Phi) is 6.33. The largest absolute Gasteiger partial charge is 0.497 e. The second kappa shape index (κ2) is 9.09. The highest BCUT2D eigenvalue weighted by Crippen LogP contribution is 2.28. The summed E-state index contributed by atoms with van der Waals surface area (Å²) in [5.41, 5.74) is 0.901. The number of carbonyl (C=O) groups is 1. The molecule has 0 aliphatic rings. The normalized spacial score (nSPS) is 10.7.